The molecule has 0 fully saturated rings. The van der Waals surface area contributed by atoms with E-state index in [1.54, 1.807) is 6.07 Å². The van der Waals surface area contributed by atoms with E-state index in [1.165, 1.54) is 6.42 Å². The van der Waals surface area contributed by atoms with Crippen LogP contribution in [0.1, 0.15) is 25.8 Å². The number of rotatable bonds is 7. The topological polar surface area (TPSA) is 35.5 Å². The monoisotopic (exact) mass is 328 g/mol. The van der Waals surface area contributed by atoms with Crippen molar-refractivity contribution in [2.24, 2.45) is 5.92 Å². The summed E-state index contributed by atoms with van der Waals surface area (Å²) >= 11 is 3.43. The highest BCUT2D eigenvalue weighted by atomic mass is 79.9. The molecule has 0 bridgehead atoms. The van der Waals surface area contributed by atoms with Crippen LogP contribution in [-0.4, -0.2) is 36.7 Å². The molecule has 0 saturated heterocycles. The number of halogens is 1. The third-order valence-electron chi connectivity index (χ3n) is 3.21. The van der Waals surface area contributed by atoms with Crippen molar-refractivity contribution in [1.82, 2.24) is 10.2 Å². The first-order chi connectivity index (χ1) is 8.90. The molecule has 0 aliphatic rings. The molecule has 0 heterocycles. The first kappa shape index (κ1) is 16.5. The summed E-state index contributed by atoms with van der Waals surface area (Å²) in [6.07, 6.45) is 1.17. The van der Waals surface area contributed by atoms with Crippen LogP contribution in [0.25, 0.3) is 0 Å². The predicted molar refractivity (Wildman–Crippen MR) is 84.4 cm³/mol. The van der Waals surface area contributed by atoms with Crippen LogP contribution in [0.3, 0.4) is 0 Å². The van der Waals surface area contributed by atoms with Crippen LogP contribution in [0.2, 0.25) is 0 Å². The molecule has 0 spiro atoms. The highest BCUT2D eigenvalue weighted by molar-refractivity contribution is 9.10. The maximum Gasteiger partial charge on any atom is 0.120 e. The normalized spacial score (nSPS) is 13.2. The summed E-state index contributed by atoms with van der Waals surface area (Å²) in [6.45, 7) is 6.11. The molecule has 0 aliphatic heterocycles. The molecular formula is C15H25BrN2O. The number of hydrogen-bond donors (Lipinski definition) is 2. The average molecular weight is 329 g/mol. The molecule has 0 saturated carbocycles. The van der Waals surface area contributed by atoms with E-state index in [-0.39, 0.29) is 0 Å². The maximum absolute atomic E-state index is 9.78. The zero-order chi connectivity index (χ0) is 14.4. The Kier molecular flexibility index (Phi) is 6.83. The Bertz CT molecular complexity index is 394. The molecule has 1 atom stereocenters. The van der Waals surface area contributed by atoms with Gasteiger partial charge in [-0.3, -0.25) is 0 Å². The minimum absolute atomic E-state index is 0.348. The zero-order valence-electron chi connectivity index (χ0n) is 12.3. The van der Waals surface area contributed by atoms with Gasteiger partial charge in [0.1, 0.15) is 5.75 Å². The highest BCUT2D eigenvalue weighted by Crippen LogP contribution is 2.21. The molecule has 1 unspecified atom stereocenters. The molecule has 3 nitrogen and oxygen atoms in total. The van der Waals surface area contributed by atoms with Crippen LogP contribution in [0.15, 0.2) is 22.7 Å². The minimum atomic E-state index is 0.348. The smallest absolute Gasteiger partial charge is 0.120 e. The predicted octanol–water partition coefficient (Wildman–Crippen LogP) is 3.22. The molecule has 0 amide bonds. The molecule has 0 radical (unpaired) electrons. The molecule has 4 heteroatoms. The van der Waals surface area contributed by atoms with Gasteiger partial charge in [0.15, 0.2) is 0 Å². The largest absolute Gasteiger partial charge is 0.508 e. The lowest BCUT2D eigenvalue weighted by molar-refractivity contribution is 0.246. The Balaban J connectivity index is 2.49. The standard InChI is InChI=1S/C15H25BrN2O/c1-11(2)7-14(18(3)4)10-17-9-12-8-13(16)5-6-15(12)19/h5-6,8,11,14,17,19H,7,9-10H2,1-4H3. The van der Waals surface area contributed by atoms with E-state index in [9.17, 15) is 5.11 Å². The molecule has 108 valence electrons. The second kappa shape index (κ2) is 7.88. The molecule has 1 aromatic rings. The number of aromatic hydroxyl groups is 1. The quantitative estimate of drug-likeness (QED) is 0.806. The molecular weight excluding hydrogens is 304 g/mol. The van der Waals surface area contributed by atoms with Crippen molar-refractivity contribution in [3.8, 4) is 5.75 Å². The Morgan fingerprint density at radius 3 is 2.58 bits per heavy atom. The van der Waals surface area contributed by atoms with Gasteiger partial charge in [-0.05, 0) is 44.6 Å². The van der Waals surface area contributed by atoms with E-state index in [0.717, 1.165) is 16.6 Å². The summed E-state index contributed by atoms with van der Waals surface area (Å²) in [4.78, 5) is 2.26. The Morgan fingerprint density at radius 2 is 2.00 bits per heavy atom. The summed E-state index contributed by atoms with van der Waals surface area (Å²) in [5.41, 5.74) is 0.927. The van der Waals surface area contributed by atoms with Crippen molar-refractivity contribution in [3.63, 3.8) is 0 Å². The summed E-state index contributed by atoms with van der Waals surface area (Å²) in [5.74, 6) is 1.04. The van der Waals surface area contributed by atoms with Gasteiger partial charge in [0, 0.05) is 29.2 Å². The second-order valence-corrected chi connectivity index (χ2v) is 6.57. The molecule has 0 aliphatic carbocycles. The molecule has 0 aromatic heterocycles. The van der Waals surface area contributed by atoms with Crippen molar-refractivity contribution >= 4 is 15.9 Å². The Morgan fingerprint density at radius 1 is 1.32 bits per heavy atom. The van der Waals surface area contributed by atoms with E-state index in [0.29, 0.717) is 24.3 Å². The fourth-order valence-corrected chi connectivity index (χ4v) is 2.50. The van der Waals surface area contributed by atoms with Crippen molar-refractivity contribution < 1.29 is 5.11 Å². The van der Waals surface area contributed by atoms with Gasteiger partial charge in [0.2, 0.25) is 0 Å². The van der Waals surface area contributed by atoms with Gasteiger partial charge in [-0.15, -0.1) is 0 Å². The number of phenolic OH excluding ortho intramolecular Hbond substituents is 1. The lowest BCUT2D eigenvalue weighted by atomic mass is 10.0. The highest BCUT2D eigenvalue weighted by Gasteiger charge is 2.13. The van der Waals surface area contributed by atoms with Crippen LogP contribution < -0.4 is 5.32 Å². The van der Waals surface area contributed by atoms with Crippen molar-refractivity contribution in [2.45, 2.75) is 32.9 Å². The van der Waals surface area contributed by atoms with Crippen LogP contribution in [-0.2, 0) is 6.54 Å². The van der Waals surface area contributed by atoms with Gasteiger partial charge in [0.05, 0.1) is 0 Å². The molecule has 1 aromatic carbocycles. The van der Waals surface area contributed by atoms with Gasteiger partial charge in [-0.1, -0.05) is 29.8 Å². The second-order valence-electron chi connectivity index (χ2n) is 5.65. The van der Waals surface area contributed by atoms with Gasteiger partial charge in [-0.25, -0.2) is 0 Å². The van der Waals surface area contributed by atoms with E-state index in [1.807, 2.05) is 12.1 Å². The molecule has 2 N–H and O–H groups in total. The molecule has 1 rings (SSSR count). The summed E-state index contributed by atoms with van der Waals surface area (Å²) in [6, 6.07) is 6.04. The Hall–Kier alpha value is -0.580. The number of nitrogens with zero attached hydrogens (tertiary/aromatic N) is 1. The zero-order valence-corrected chi connectivity index (χ0v) is 13.9. The van der Waals surface area contributed by atoms with Crippen LogP contribution in [0.5, 0.6) is 5.75 Å². The van der Waals surface area contributed by atoms with Gasteiger partial charge in [0.25, 0.3) is 0 Å². The van der Waals surface area contributed by atoms with Gasteiger partial charge < -0.3 is 15.3 Å². The van der Waals surface area contributed by atoms with E-state index in [4.69, 9.17) is 0 Å². The SMILES string of the molecule is CC(C)CC(CNCc1cc(Br)ccc1O)N(C)C. The summed E-state index contributed by atoms with van der Waals surface area (Å²) in [5, 5.41) is 13.2. The van der Waals surface area contributed by atoms with Crippen molar-refractivity contribution in [3.05, 3.63) is 28.2 Å². The number of hydrogen-bond acceptors (Lipinski definition) is 3. The van der Waals surface area contributed by atoms with Gasteiger partial charge in [-0.2, -0.15) is 0 Å². The van der Waals surface area contributed by atoms with Crippen LogP contribution >= 0.6 is 15.9 Å². The number of benzene rings is 1. The third kappa shape index (κ3) is 5.93. The fourth-order valence-electron chi connectivity index (χ4n) is 2.09. The first-order valence-corrected chi connectivity index (χ1v) is 7.54. The lowest BCUT2D eigenvalue weighted by Crippen LogP contribution is -2.38. The van der Waals surface area contributed by atoms with E-state index in [2.05, 4.69) is 54.1 Å². The summed E-state index contributed by atoms with van der Waals surface area (Å²) < 4.78 is 0.994. The lowest BCUT2D eigenvalue weighted by Gasteiger charge is -2.26. The first-order valence-electron chi connectivity index (χ1n) is 6.74. The average Bonchev–Trinajstić information content (AvgIpc) is 2.31. The minimum Gasteiger partial charge on any atom is -0.508 e. The number of phenols is 1. The number of nitrogens with one attached hydrogen (secondary N) is 1. The van der Waals surface area contributed by atoms with E-state index >= 15 is 0 Å². The van der Waals surface area contributed by atoms with Gasteiger partial charge >= 0.3 is 0 Å². The maximum atomic E-state index is 9.78. The number of likely N-dealkylation sites (N-methyl/N-ethyl adjacent to an activating group) is 1. The fraction of sp³-hybridized carbons (Fsp3) is 0.600. The Labute approximate surface area is 125 Å². The third-order valence-corrected chi connectivity index (χ3v) is 3.70. The van der Waals surface area contributed by atoms with Crippen LogP contribution in [0, 0.1) is 5.92 Å². The molecule has 19 heavy (non-hydrogen) atoms. The summed E-state index contributed by atoms with van der Waals surface area (Å²) in [7, 11) is 4.23. The van der Waals surface area contributed by atoms with Crippen molar-refractivity contribution in [1.29, 1.82) is 0 Å². The van der Waals surface area contributed by atoms with Crippen molar-refractivity contribution in [2.75, 3.05) is 20.6 Å². The van der Waals surface area contributed by atoms with Crippen LogP contribution in [0.4, 0.5) is 0 Å². The van der Waals surface area contributed by atoms with E-state index < -0.39 is 0 Å².